The average Bonchev–Trinajstić information content (AvgIpc) is 2.88. The molecular weight excluding hydrogens is 325 g/mol. The van der Waals surface area contributed by atoms with Crippen LogP contribution in [-0.2, 0) is 4.79 Å². The molecule has 2 N–H and O–H groups in total. The normalized spacial score (nSPS) is 13.5. The van der Waals surface area contributed by atoms with Gasteiger partial charge in [0.1, 0.15) is 11.5 Å². The van der Waals surface area contributed by atoms with Crippen LogP contribution in [0.5, 0.6) is 0 Å². The fourth-order valence-electron chi connectivity index (χ4n) is 2.53. The summed E-state index contributed by atoms with van der Waals surface area (Å²) >= 11 is 0. The molecule has 1 heterocycles. The van der Waals surface area contributed by atoms with Gasteiger partial charge in [-0.2, -0.15) is 5.10 Å². The molecule has 0 bridgehead atoms. The van der Waals surface area contributed by atoms with E-state index < -0.39 is 23.2 Å². The second kappa shape index (κ2) is 7.04. The second-order valence-electron chi connectivity index (χ2n) is 6.60. The Balaban J connectivity index is 2.32. The molecule has 2 rings (SSSR count). The van der Waals surface area contributed by atoms with Crippen LogP contribution in [-0.4, -0.2) is 32.3 Å². The summed E-state index contributed by atoms with van der Waals surface area (Å²) in [5, 5.41) is 16.0. The van der Waals surface area contributed by atoms with Gasteiger partial charge in [-0.25, -0.2) is 9.07 Å². The van der Waals surface area contributed by atoms with Gasteiger partial charge in [0.2, 0.25) is 0 Å². The van der Waals surface area contributed by atoms with Gasteiger partial charge in [0.05, 0.1) is 29.4 Å². The van der Waals surface area contributed by atoms with E-state index in [0.29, 0.717) is 5.69 Å². The van der Waals surface area contributed by atoms with E-state index in [2.05, 4.69) is 10.4 Å². The molecule has 0 aliphatic carbocycles. The Morgan fingerprint density at radius 3 is 2.56 bits per heavy atom. The molecule has 6 nitrogen and oxygen atoms in total. The third kappa shape index (κ3) is 3.87. The number of aromatic nitrogens is 2. The van der Waals surface area contributed by atoms with Crippen LogP contribution in [0.2, 0.25) is 0 Å². The quantitative estimate of drug-likeness (QED) is 0.841. The zero-order valence-corrected chi connectivity index (χ0v) is 14.7. The minimum Gasteiger partial charge on any atom is -0.481 e. The van der Waals surface area contributed by atoms with Gasteiger partial charge in [-0.05, 0) is 31.9 Å². The molecule has 7 heteroatoms. The van der Waals surface area contributed by atoms with Crippen molar-refractivity contribution in [3.05, 3.63) is 47.5 Å². The molecule has 0 saturated carbocycles. The van der Waals surface area contributed by atoms with E-state index in [0.717, 1.165) is 0 Å². The van der Waals surface area contributed by atoms with Gasteiger partial charge in [-0.1, -0.05) is 26.0 Å². The summed E-state index contributed by atoms with van der Waals surface area (Å²) in [5.41, 5.74) is 0.0934. The Kier molecular flexibility index (Phi) is 5.25. The lowest BCUT2D eigenvalue weighted by molar-refractivity contribution is -0.138. The topological polar surface area (TPSA) is 84.2 Å². The largest absolute Gasteiger partial charge is 0.481 e. The van der Waals surface area contributed by atoms with Crippen LogP contribution in [0.15, 0.2) is 30.5 Å². The number of aliphatic carboxylic acids is 1. The number of hydrogen-bond donors (Lipinski definition) is 2. The minimum absolute atomic E-state index is 0.0885. The number of carbonyl (C=O) groups excluding carboxylic acids is 1. The molecule has 0 aliphatic rings. The number of para-hydroxylation sites is 1. The fraction of sp³-hybridized carbons (Fsp3) is 0.389. The highest BCUT2D eigenvalue weighted by atomic mass is 19.1. The summed E-state index contributed by atoms with van der Waals surface area (Å²) in [7, 11) is 0. The zero-order chi connectivity index (χ0) is 18.8. The smallest absolute Gasteiger partial charge is 0.305 e. The Bertz CT molecular complexity index is 801. The van der Waals surface area contributed by atoms with Gasteiger partial charge in [-0.15, -0.1) is 0 Å². The molecule has 25 heavy (non-hydrogen) atoms. The first kappa shape index (κ1) is 18.6. The third-order valence-electron chi connectivity index (χ3n) is 4.53. The lowest BCUT2D eigenvalue weighted by Gasteiger charge is -2.33. The highest BCUT2D eigenvalue weighted by molar-refractivity contribution is 5.96. The summed E-state index contributed by atoms with van der Waals surface area (Å²) in [6, 6.07) is 6.14. The summed E-state index contributed by atoms with van der Waals surface area (Å²) in [4.78, 5) is 23.8. The van der Waals surface area contributed by atoms with Crippen molar-refractivity contribution in [3.8, 4) is 5.69 Å². The predicted octanol–water partition coefficient (Wildman–Crippen LogP) is 2.94. The van der Waals surface area contributed by atoms with E-state index in [1.54, 1.807) is 32.0 Å². The number of benzene rings is 1. The number of hydrogen-bond acceptors (Lipinski definition) is 3. The Hall–Kier alpha value is -2.70. The van der Waals surface area contributed by atoms with Crippen molar-refractivity contribution in [1.82, 2.24) is 15.1 Å². The molecule has 0 spiro atoms. The lowest BCUT2D eigenvalue weighted by atomic mass is 9.85. The monoisotopic (exact) mass is 347 g/mol. The summed E-state index contributed by atoms with van der Waals surface area (Å²) in [5.74, 6) is -1.96. The molecular formula is C18H22FN3O3. The molecule has 134 valence electrons. The number of rotatable bonds is 6. The van der Waals surface area contributed by atoms with Gasteiger partial charge in [0.25, 0.3) is 5.91 Å². The van der Waals surface area contributed by atoms with Crippen LogP contribution in [0.1, 0.15) is 43.2 Å². The first-order valence-corrected chi connectivity index (χ1v) is 7.99. The molecule has 1 aromatic carbocycles. The first-order chi connectivity index (χ1) is 11.7. The van der Waals surface area contributed by atoms with Gasteiger partial charge in [0, 0.05) is 0 Å². The maximum absolute atomic E-state index is 14.0. The molecule has 2 aromatic rings. The average molecular weight is 347 g/mol. The SMILES string of the molecule is Cc1c(C(=O)NC(C)(CC(=O)O)C(C)C)cnn1-c1ccccc1F. The van der Waals surface area contributed by atoms with E-state index in [4.69, 9.17) is 5.11 Å². The van der Waals surface area contributed by atoms with Gasteiger partial charge < -0.3 is 10.4 Å². The first-order valence-electron chi connectivity index (χ1n) is 7.99. The van der Waals surface area contributed by atoms with Gasteiger partial charge in [-0.3, -0.25) is 9.59 Å². The molecule has 1 unspecified atom stereocenters. The maximum atomic E-state index is 14.0. The Morgan fingerprint density at radius 2 is 2.00 bits per heavy atom. The molecule has 0 fully saturated rings. The van der Waals surface area contributed by atoms with Crippen molar-refractivity contribution in [3.63, 3.8) is 0 Å². The second-order valence-corrected chi connectivity index (χ2v) is 6.60. The van der Waals surface area contributed by atoms with Crippen LogP contribution in [0.4, 0.5) is 4.39 Å². The molecule has 0 saturated heterocycles. The Morgan fingerprint density at radius 1 is 1.36 bits per heavy atom. The maximum Gasteiger partial charge on any atom is 0.305 e. The zero-order valence-electron chi connectivity index (χ0n) is 14.7. The summed E-state index contributed by atoms with van der Waals surface area (Å²) in [6.45, 7) is 7.05. The highest BCUT2D eigenvalue weighted by Gasteiger charge is 2.34. The molecule has 0 aliphatic heterocycles. The third-order valence-corrected chi connectivity index (χ3v) is 4.53. The fourth-order valence-corrected chi connectivity index (χ4v) is 2.53. The van der Waals surface area contributed by atoms with Crippen molar-refractivity contribution < 1.29 is 19.1 Å². The van der Waals surface area contributed by atoms with Gasteiger partial charge in [0.15, 0.2) is 0 Å². The number of nitrogens with zero attached hydrogens (tertiary/aromatic N) is 2. The number of nitrogens with one attached hydrogen (secondary N) is 1. The van der Waals surface area contributed by atoms with Crippen molar-refractivity contribution in [1.29, 1.82) is 0 Å². The number of amides is 1. The minimum atomic E-state index is -0.990. The van der Waals surface area contributed by atoms with E-state index in [1.165, 1.54) is 16.9 Å². The van der Waals surface area contributed by atoms with E-state index in [9.17, 15) is 14.0 Å². The van der Waals surface area contributed by atoms with Crippen molar-refractivity contribution >= 4 is 11.9 Å². The van der Waals surface area contributed by atoms with Crippen LogP contribution < -0.4 is 5.32 Å². The Labute approximate surface area is 145 Å². The van der Waals surface area contributed by atoms with Crippen molar-refractivity contribution in [2.75, 3.05) is 0 Å². The molecule has 1 atom stereocenters. The van der Waals surface area contributed by atoms with Gasteiger partial charge >= 0.3 is 5.97 Å². The van der Waals surface area contributed by atoms with E-state index in [-0.39, 0.29) is 23.6 Å². The van der Waals surface area contributed by atoms with Crippen LogP contribution in [0, 0.1) is 18.7 Å². The summed E-state index contributed by atoms with van der Waals surface area (Å²) in [6.07, 6.45) is 1.16. The number of carboxylic acid groups (broad SMARTS) is 1. The molecule has 1 aromatic heterocycles. The highest BCUT2D eigenvalue weighted by Crippen LogP contribution is 2.23. The van der Waals surface area contributed by atoms with Crippen LogP contribution in [0.25, 0.3) is 5.69 Å². The van der Waals surface area contributed by atoms with E-state index in [1.807, 2.05) is 13.8 Å². The number of halogens is 1. The van der Waals surface area contributed by atoms with Crippen LogP contribution >= 0.6 is 0 Å². The standard InChI is InChI=1S/C18H22FN3O3/c1-11(2)18(4,9-16(23)24)21-17(25)13-10-20-22(12(13)3)15-8-6-5-7-14(15)19/h5-8,10-11H,9H2,1-4H3,(H,21,25)(H,23,24). The number of carbonyl (C=O) groups is 2. The lowest BCUT2D eigenvalue weighted by Crippen LogP contribution is -2.51. The van der Waals surface area contributed by atoms with Crippen molar-refractivity contribution in [2.24, 2.45) is 5.92 Å². The van der Waals surface area contributed by atoms with E-state index >= 15 is 0 Å². The predicted molar refractivity (Wildman–Crippen MR) is 91.2 cm³/mol. The summed E-state index contributed by atoms with van der Waals surface area (Å²) < 4.78 is 15.3. The molecule has 0 radical (unpaired) electrons. The number of carboxylic acids is 1. The van der Waals surface area contributed by atoms with Crippen LogP contribution in [0.3, 0.4) is 0 Å². The molecule has 1 amide bonds. The van der Waals surface area contributed by atoms with Crippen molar-refractivity contribution in [2.45, 2.75) is 39.7 Å².